The number of pyridine rings is 1. The van der Waals surface area contributed by atoms with Crippen molar-refractivity contribution < 1.29 is 17.9 Å². The molecule has 0 radical (unpaired) electrons. The second kappa shape index (κ2) is 8.89. The van der Waals surface area contributed by atoms with E-state index in [0.717, 1.165) is 34.9 Å². The third-order valence-corrected chi connectivity index (χ3v) is 7.53. The molecule has 3 heterocycles. The van der Waals surface area contributed by atoms with Crippen LogP contribution in [0.1, 0.15) is 23.7 Å². The van der Waals surface area contributed by atoms with Crippen LogP contribution in [-0.4, -0.2) is 68.5 Å². The summed E-state index contributed by atoms with van der Waals surface area (Å²) in [6, 6.07) is 11.7. The Hall–Kier alpha value is -2.20. The Morgan fingerprint density at radius 1 is 1.10 bits per heavy atom. The third-order valence-electron chi connectivity index (χ3n) is 5.52. The van der Waals surface area contributed by atoms with Crippen LogP contribution in [0.3, 0.4) is 0 Å². The summed E-state index contributed by atoms with van der Waals surface area (Å²) in [6.45, 7) is 4.66. The highest BCUT2D eigenvalue weighted by molar-refractivity contribution is 7.86. The molecule has 8 nitrogen and oxygen atoms in total. The van der Waals surface area contributed by atoms with Crippen molar-refractivity contribution in [2.24, 2.45) is 0 Å². The first-order valence-electron chi connectivity index (χ1n) is 10.2. The van der Waals surface area contributed by atoms with Gasteiger partial charge >= 0.3 is 0 Å². The molecule has 1 aromatic heterocycles. The zero-order valence-electron chi connectivity index (χ0n) is 17.4. The third kappa shape index (κ3) is 4.59. The van der Waals surface area contributed by atoms with Crippen LogP contribution in [0.4, 0.5) is 11.4 Å². The van der Waals surface area contributed by atoms with Gasteiger partial charge in [0.1, 0.15) is 5.75 Å². The minimum atomic E-state index is -3.45. The molecule has 4 rings (SSSR count). The molecule has 9 heteroatoms. The van der Waals surface area contributed by atoms with Crippen LogP contribution in [0, 0.1) is 6.92 Å². The van der Waals surface area contributed by atoms with Crippen LogP contribution in [0.2, 0.25) is 0 Å². The second-order valence-corrected chi connectivity index (χ2v) is 9.57. The molecular weight excluding hydrogens is 404 g/mol. The molecule has 2 aromatic rings. The maximum Gasteiger partial charge on any atom is 0.282 e. The van der Waals surface area contributed by atoms with Crippen molar-refractivity contribution in [3.8, 4) is 5.75 Å². The molecule has 2 saturated heterocycles. The van der Waals surface area contributed by atoms with Crippen LogP contribution in [0.5, 0.6) is 5.75 Å². The summed E-state index contributed by atoms with van der Waals surface area (Å²) in [5, 5.41) is 3.40. The number of rotatable bonds is 6. The molecule has 2 aliphatic rings. The summed E-state index contributed by atoms with van der Waals surface area (Å²) < 4.78 is 39.6. The number of benzene rings is 1. The Morgan fingerprint density at radius 3 is 2.67 bits per heavy atom. The standard InChI is InChI=1S/C21H28N4O4S/c1-16-12-19(23-18-4-3-5-20(13-18)28-2)14-21(22-16)17-6-7-25(15-17)30(26,27)24-8-10-29-11-9-24/h3-5,12-14,17H,6-11,15H2,1-2H3,(H,22,23). The Morgan fingerprint density at radius 2 is 1.90 bits per heavy atom. The monoisotopic (exact) mass is 432 g/mol. The molecule has 1 N–H and O–H groups in total. The normalized spacial score (nSPS) is 20.9. The average molecular weight is 433 g/mol. The first kappa shape index (κ1) is 21.0. The lowest BCUT2D eigenvalue weighted by atomic mass is 10.0. The number of aryl methyl sites for hydroxylation is 1. The van der Waals surface area contributed by atoms with E-state index in [9.17, 15) is 8.42 Å². The molecule has 0 amide bonds. The van der Waals surface area contributed by atoms with Crippen LogP contribution in [0.25, 0.3) is 0 Å². The number of ether oxygens (including phenoxy) is 2. The van der Waals surface area contributed by atoms with Gasteiger partial charge in [-0.15, -0.1) is 0 Å². The molecule has 0 bridgehead atoms. The Labute approximate surface area is 178 Å². The summed E-state index contributed by atoms with van der Waals surface area (Å²) in [5.74, 6) is 0.859. The molecule has 2 fully saturated rings. The first-order chi connectivity index (χ1) is 14.5. The van der Waals surface area contributed by atoms with Gasteiger partial charge in [-0.1, -0.05) is 6.07 Å². The van der Waals surface area contributed by atoms with Crippen molar-refractivity contribution in [2.45, 2.75) is 19.3 Å². The lowest BCUT2D eigenvalue weighted by molar-refractivity contribution is 0.0705. The predicted molar refractivity (Wildman–Crippen MR) is 115 cm³/mol. The van der Waals surface area contributed by atoms with Gasteiger partial charge in [0.25, 0.3) is 10.2 Å². The highest BCUT2D eigenvalue weighted by atomic mass is 32.2. The number of nitrogens with one attached hydrogen (secondary N) is 1. The van der Waals surface area contributed by atoms with E-state index in [-0.39, 0.29) is 5.92 Å². The Bertz CT molecular complexity index is 992. The average Bonchev–Trinajstić information content (AvgIpc) is 3.25. The van der Waals surface area contributed by atoms with E-state index in [4.69, 9.17) is 14.5 Å². The largest absolute Gasteiger partial charge is 0.497 e. The highest BCUT2D eigenvalue weighted by Crippen LogP contribution is 2.31. The van der Waals surface area contributed by atoms with E-state index in [1.54, 1.807) is 11.4 Å². The van der Waals surface area contributed by atoms with E-state index >= 15 is 0 Å². The fraction of sp³-hybridized carbons (Fsp3) is 0.476. The lowest BCUT2D eigenvalue weighted by Gasteiger charge is -2.30. The lowest BCUT2D eigenvalue weighted by Crippen LogP contribution is -2.47. The van der Waals surface area contributed by atoms with Gasteiger partial charge in [-0.2, -0.15) is 17.0 Å². The van der Waals surface area contributed by atoms with E-state index in [1.165, 1.54) is 4.31 Å². The topological polar surface area (TPSA) is 84.0 Å². The molecule has 30 heavy (non-hydrogen) atoms. The van der Waals surface area contributed by atoms with Gasteiger partial charge in [-0.25, -0.2) is 0 Å². The van der Waals surface area contributed by atoms with Crippen LogP contribution in [-0.2, 0) is 14.9 Å². The van der Waals surface area contributed by atoms with Crippen molar-refractivity contribution in [3.63, 3.8) is 0 Å². The number of morpholine rings is 1. The summed E-state index contributed by atoms with van der Waals surface area (Å²) in [5.41, 5.74) is 3.67. The number of methoxy groups -OCH3 is 1. The Kier molecular flexibility index (Phi) is 6.24. The van der Waals surface area contributed by atoms with Gasteiger partial charge in [-0.3, -0.25) is 4.98 Å². The maximum absolute atomic E-state index is 13.0. The summed E-state index contributed by atoms with van der Waals surface area (Å²) in [7, 11) is -1.81. The van der Waals surface area contributed by atoms with Crippen LogP contribution >= 0.6 is 0 Å². The molecule has 1 aromatic carbocycles. The van der Waals surface area contributed by atoms with Crippen LogP contribution < -0.4 is 10.1 Å². The molecular formula is C21H28N4O4S. The maximum atomic E-state index is 13.0. The molecule has 162 valence electrons. The fourth-order valence-electron chi connectivity index (χ4n) is 3.96. The summed E-state index contributed by atoms with van der Waals surface area (Å²) in [6.07, 6.45) is 0.763. The summed E-state index contributed by atoms with van der Waals surface area (Å²) in [4.78, 5) is 4.70. The number of nitrogens with zero attached hydrogens (tertiary/aromatic N) is 3. The molecule has 0 saturated carbocycles. The smallest absolute Gasteiger partial charge is 0.282 e. The fourth-order valence-corrected chi connectivity index (χ4v) is 5.60. The van der Waals surface area contributed by atoms with Gasteiger partial charge in [0.05, 0.1) is 20.3 Å². The van der Waals surface area contributed by atoms with E-state index < -0.39 is 10.2 Å². The number of hydrogen-bond donors (Lipinski definition) is 1. The highest BCUT2D eigenvalue weighted by Gasteiger charge is 2.37. The molecule has 2 aliphatic heterocycles. The van der Waals surface area contributed by atoms with Gasteiger partial charge in [0, 0.05) is 60.9 Å². The molecule has 1 unspecified atom stereocenters. The van der Waals surface area contributed by atoms with Gasteiger partial charge in [0.2, 0.25) is 0 Å². The van der Waals surface area contributed by atoms with Gasteiger partial charge < -0.3 is 14.8 Å². The van der Waals surface area contributed by atoms with Crippen molar-refractivity contribution in [1.29, 1.82) is 0 Å². The second-order valence-electron chi connectivity index (χ2n) is 7.64. The number of anilines is 2. The predicted octanol–water partition coefficient (Wildman–Crippen LogP) is 2.51. The van der Waals surface area contributed by atoms with Crippen molar-refractivity contribution in [3.05, 3.63) is 47.8 Å². The SMILES string of the molecule is COc1cccc(Nc2cc(C)nc(C3CCN(S(=O)(=O)N4CCOCC4)C3)c2)c1. The molecule has 0 spiro atoms. The minimum absolute atomic E-state index is 0.0755. The van der Waals surface area contributed by atoms with E-state index in [0.29, 0.717) is 39.4 Å². The number of hydrogen-bond acceptors (Lipinski definition) is 6. The van der Waals surface area contributed by atoms with Gasteiger partial charge in [0.15, 0.2) is 0 Å². The minimum Gasteiger partial charge on any atom is -0.497 e. The van der Waals surface area contributed by atoms with E-state index in [1.807, 2.05) is 43.3 Å². The molecule has 0 aliphatic carbocycles. The van der Waals surface area contributed by atoms with Crippen molar-refractivity contribution in [2.75, 3.05) is 51.8 Å². The Balaban J connectivity index is 1.49. The quantitative estimate of drug-likeness (QED) is 0.755. The first-order valence-corrected chi connectivity index (χ1v) is 11.6. The number of aromatic nitrogens is 1. The van der Waals surface area contributed by atoms with E-state index in [2.05, 4.69) is 5.32 Å². The zero-order valence-corrected chi connectivity index (χ0v) is 18.2. The van der Waals surface area contributed by atoms with Crippen molar-refractivity contribution in [1.82, 2.24) is 13.6 Å². The summed E-state index contributed by atoms with van der Waals surface area (Å²) >= 11 is 0. The molecule has 1 atom stereocenters. The van der Waals surface area contributed by atoms with Crippen molar-refractivity contribution >= 4 is 21.6 Å². The van der Waals surface area contributed by atoms with Crippen LogP contribution in [0.15, 0.2) is 36.4 Å². The zero-order chi connectivity index (χ0) is 21.1. The van der Waals surface area contributed by atoms with Gasteiger partial charge in [-0.05, 0) is 37.6 Å².